The molecule has 0 aliphatic rings. The van der Waals surface area contributed by atoms with E-state index in [4.69, 9.17) is 4.52 Å². The predicted molar refractivity (Wildman–Crippen MR) is 156 cm³/mol. The SMILES string of the molecule is CCCCC(=O)[N+](C)(Cc1ccc(-c2ccccc2S(=O)(=O)Nc2onc(C)c2C)cc1)[C@H](C(=O)NC)C(C)C. The van der Waals surface area contributed by atoms with Crippen LogP contribution in [0.25, 0.3) is 11.1 Å². The molecule has 0 aliphatic heterocycles. The van der Waals surface area contributed by atoms with Gasteiger partial charge in [-0.05, 0) is 31.9 Å². The molecule has 1 heterocycles. The summed E-state index contributed by atoms with van der Waals surface area (Å²) >= 11 is 0. The third-order valence-electron chi connectivity index (χ3n) is 7.41. The van der Waals surface area contributed by atoms with Crippen LogP contribution in [-0.4, -0.2) is 50.0 Å². The monoisotopic (exact) mass is 569 g/mol. The number of aromatic nitrogens is 1. The second kappa shape index (κ2) is 12.8. The molecule has 0 fully saturated rings. The Kier molecular flexibility index (Phi) is 9.92. The Balaban J connectivity index is 1.96. The molecule has 3 rings (SSSR count). The van der Waals surface area contributed by atoms with Crippen molar-refractivity contribution in [1.82, 2.24) is 10.5 Å². The maximum atomic E-state index is 13.5. The Hall–Kier alpha value is -3.50. The van der Waals surface area contributed by atoms with Crippen molar-refractivity contribution < 1.29 is 27.0 Å². The van der Waals surface area contributed by atoms with Crippen molar-refractivity contribution in [3.8, 4) is 11.1 Å². The van der Waals surface area contributed by atoms with Crippen molar-refractivity contribution >= 4 is 27.7 Å². The van der Waals surface area contributed by atoms with Crippen LogP contribution in [0.15, 0.2) is 57.9 Å². The minimum atomic E-state index is -3.97. The van der Waals surface area contributed by atoms with Gasteiger partial charge in [0.25, 0.3) is 15.9 Å². The zero-order valence-electron chi connectivity index (χ0n) is 24.4. The zero-order valence-corrected chi connectivity index (χ0v) is 25.3. The number of likely N-dealkylation sites (N-methyl/N-ethyl adjacent to an activating group) is 2. The summed E-state index contributed by atoms with van der Waals surface area (Å²) in [6.45, 7) is 9.77. The number of aryl methyl sites for hydroxylation is 1. The molecule has 2 aromatic carbocycles. The number of rotatable bonds is 12. The van der Waals surface area contributed by atoms with E-state index in [0.717, 1.165) is 18.4 Å². The lowest BCUT2D eigenvalue weighted by Gasteiger charge is -2.40. The van der Waals surface area contributed by atoms with E-state index in [1.807, 2.05) is 52.1 Å². The highest BCUT2D eigenvalue weighted by atomic mass is 32.2. The molecular formula is C30H41N4O5S+. The van der Waals surface area contributed by atoms with Gasteiger partial charge in [0.15, 0.2) is 6.04 Å². The molecule has 216 valence electrons. The molecule has 1 unspecified atom stereocenters. The number of anilines is 1. The zero-order chi connectivity index (χ0) is 29.7. The average Bonchev–Trinajstić information content (AvgIpc) is 3.23. The summed E-state index contributed by atoms with van der Waals surface area (Å²) in [4.78, 5) is 26.6. The van der Waals surface area contributed by atoms with Gasteiger partial charge in [0.2, 0.25) is 5.88 Å². The second-order valence-electron chi connectivity index (χ2n) is 10.7. The van der Waals surface area contributed by atoms with Gasteiger partial charge in [0, 0.05) is 29.7 Å². The summed E-state index contributed by atoms with van der Waals surface area (Å²) in [5.41, 5.74) is 3.33. The normalized spacial score (nSPS) is 14.0. The van der Waals surface area contributed by atoms with Gasteiger partial charge in [0.05, 0.1) is 24.1 Å². The van der Waals surface area contributed by atoms with Crippen LogP contribution in [0.4, 0.5) is 5.88 Å². The molecule has 40 heavy (non-hydrogen) atoms. The highest BCUT2D eigenvalue weighted by Crippen LogP contribution is 2.31. The average molecular weight is 570 g/mol. The Morgan fingerprint density at radius 2 is 1.70 bits per heavy atom. The van der Waals surface area contributed by atoms with Crippen LogP contribution in [0, 0.1) is 19.8 Å². The van der Waals surface area contributed by atoms with E-state index in [0.29, 0.717) is 35.3 Å². The number of benzene rings is 2. The van der Waals surface area contributed by atoms with E-state index < -0.39 is 16.1 Å². The molecule has 1 aromatic heterocycles. The van der Waals surface area contributed by atoms with E-state index in [1.54, 1.807) is 45.2 Å². The molecule has 0 spiro atoms. The van der Waals surface area contributed by atoms with Crippen molar-refractivity contribution in [3.05, 3.63) is 65.4 Å². The summed E-state index contributed by atoms with van der Waals surface area (Å²) in [5, 5.41) is 6.57. The van der Waals surface area contributed by atoms with E-state index in [-0.39, 0.29) is 33.0 Å². The van der Waals surface area contributed by atoms with Crippen LogP contribution in [0.1, 0.15) is 56.9 Å². The van der Waals surface area contributed by atoms with Gasteiger partial charge in [-0.25, -0.2) is 22.4 Å². The number of quaternary nitrogens is 1. The van der Waals surface area contributed by atoms with E-state index in [1.165, 1.54) is 0 Å². The van der Waals surface area contributed by atoms with Crippen LogP contribution < -0.4 is 10.0 Å². The smallest absolute Gasteiger partial charge is 0.314 e. The first-order valence-corrected chi connectivity index (χ1v) is 15.1. The van der Waals surface area contributed by atoms with Crippen LogP contribution >= 0.6 is 0 Å². The largest absolute Gasteiger partial charge is 0.354 e. The van der Waals surface area contributed by atoms with E-state index in [2.05, 4.69) is 15.2 Å². The Bertz CT molecular complexity index is 1450. The van der Waals surface area contributed by atoms with E-state index in [9.17, 15) is 18.0 Å². The number of carbonyl (C=O) groups is 2. The fraction of sp³-hybridized carbons (Fsp3) is 0.433. The first kappa shape index (κ1) is 31.0. The fourth-order valence-corrected chi connectivity index (χ4v) is 6.37. The Morgan fingerprint density at radius 1 is 1.05 bits per heavy atom. The minimum absolute atomic E-state index is 0.0219. The molecule has 3 aromatic rings. The first-order valence-electron chi connectivity index (χ1n) is 13.6. The highest BCUT2D eigenvalue weighted by molar-refractivity contribution is 7.92. The highest BCUT2D eigenvalue weighted by Gasteiger charge is 2.45. The summed E-state index contributed by atoms with van der Waals surface area (Å²) in [6, 6.07) is 13.7. The number of hydrogen-bond donors (Lipinski definition) is 2. The maximum Gasteiger partial charge on any atom is 0.314 e. The molecule has 0 aliphatic carbocycles. The Morgan fingerprint density at radius 3 is 2.25 bits per heavy atom. The van der Waals surface area contributed by atoms with Gasteiger partial charge < -0.3 is 9.84 Å². The van der Waals surface area contributed by atoms with Crippen molar-refractivity contribution in [2.24, 2.45) is 5.92 Å². The summed E-state index contributed by atoms with van der Waals surface area (Å²) in [5.74, 6) is -0.115. The van der Waals surface area contributed by atoms with Crippen LogP contribution in [-0.2, 0) is 26.2 Å². The number of unbranched alkanes of at least 4 members (excludes halogenated alkanes) is 1. The van der Waals surface area contributed by atoms with Crippen LogP contribution in [0.3, 0.4) is 0 Å². The molecule has 10 heteroatoms. The number of sulfonamides is 1. The number of nitrogens with zero attached hydrogens (tertiary/aromatic N) is 2. The maximum absolute atomic E-state index is 13.5. The second-order valence-corrected chi connectivity index (χ2v) is 12.4. The molecule has 2 N–H and O–H groups in total. The molecule has 2 amide bonds. The lowest BCUT2D eigenvalue weighted by atomic mass is 9.96. The standard InChI is InChI=1S/C30H40N4O5S/c1-8-9-14-27(35)34(7,28(20(2)3)29(36)31-6)19-23-15-17-24(18-16-23)25-12-10-11-13-26(25)40(37,38)33-30-21(4)22(5)32-39-30/h10-13,15-18,20,28H,8-9,14,19H2,1-7H3,(H-,31,32,33,36)/p+1/t28-,34?/m0/s1. The van der Waals surface area contributed by atoms with Gasteiger partial charge in [-0.1, -0.05) is 74.8 Å². The predicted octanol–water partition coefficient (Wildman–Crippen LogP) is 5.19. The first-order chi connectivity index (χ1) is 18.9. The van der Waals surface area contributed by atoms with E-state index >= 15 is 0 Å². The number of hydrogen-bond acceptors (Lipinski definition) is 6. The molecule has 9 nitrogen and oxygen atoms in total. The summed E-state index contributed by atoms with van der Waals surface area (Å²) < 4.78 is 34.3. The quantitative estimate of drug-likeness (QED) is 0.290. The van der Waals surface area contributed by atoms with Gasteiger partial charge in [-0.3, -0.25) is 4.79 Å². The van der Waals surface area contributed by atoms with Crippen molar-refractivity contribution in [2.45, 2.75) is 71.4 Å². The summed E-state index contributed by atoms with van der Waals surface area (Å²) in [7, 11) is -0.534. The van der Waals surface area contributed by atoms with Gasteiger partial charge in [0.1, 0.15) is 6.54 Å². The number of carbonyl (C=O) groups excluding carboxylic acids is 2. The third kappa shape index (κ3) is 6.62. The third-order valence-corrected chi connectivity index (χ3v) is 8.80. The molecule has 2 atom stereocenters. The van der Waals surface area contributed by atoms with Crippen molar-refractivity contribution in [1.29, 1.82) is 0 Å². The molecule has 0 radical (unpaired) electrons. The molecule has 0 saturated heterocycles. The van der Waals surface area contributed by atoms with Gasteiger partial charge >= 0.3 is 5.91 Å². The van der Waals surface area contributed by atoms with Crippen LogP contribution in [0.2, 0.25) is 0 Å². The van der Waals surface area contributed by atoms with Crippen LogP contribution in [0.5, 0.6) is 0 Å². The summed E-state index contributed by atoms with van der Waals surface area (Å²) in [6.07, 6.45) is 2.05. The lowest BCUT2D eigenvalue weighted by molar-refractivity contribution is -0.868. The fourth-order valence-electron chi connectivity index (χ4n) is 5.09. The topological polar surface area (TPSA) is 118 Å². The van der Waals surface area contributed by atoms with Gasteiger partial charge in [-0.15, -0.1) is 0 Å². The number of amides is 2. The van der Waals surface area contributed by atoms with Crippen molar-refractivity contribution in [3.63, 3.8) is 0 Å². The van der Waals surface area contributed by atoms with Crippen molar-refractivity contribution in [2.75, 3.05) is 18.8 Å². The van der Waals surface area contributed by atoms with Gasteiger partial charge in [-0.2, -0.15) is 0 Å². The molecule has 0 bridgehead atoms. The minimum Gasteiger partial charge on any atom is -0.354 e. The molecule has 0 saturated carbocycles. The lowest BCUT2D eigenvalue weighted by Crippen LogP contribution is -2.62. The molecular weight excluding hydrogens is 528 g/mol. The Labute approximate surface area is 237 Å². The number of nitrogens with one attached hydrogen (secondary N) is 2.